The van der Waals surface area contributed by atoms with Crippen molar-refractivity contribution in [3.63, 3.8) is 0 Å². The van der Waals surface area contributed by atoms with Crippen LogP contribution in [-0.2, 0) is 14.1 Å². The minimum absolute atomic E-state index is 0.667. The van der Waals surface area contributed by atoms with E-state index in [1.165, 1.54) is 0 Å². The van der Waals surface area contributed by atoms with Gasteiger partial charge in [0, 0.05) is 0 Å². The molecule has 5 heteroatoms. The van der Waals surface area contributed by atoms with Gasteiger partial charge in [0.15, 0.2) is 24.6 Å². The van der Waals surface area contributed by atoms with Gasteiger partial charge in [-0.25, -0.2) is 0 Å². The molecule has 0 saturated carbocycles. The van der Waals surface area contributed by atoms with Gasteiger partial charge in [0.2, 0.25) is 0 Å². The van der Waals surface area contributed by atoms with E-state index in [4.69, 9.17) is 14.2 Å². The van der Waals surface area contributed by atoms with E-state index in [9.17, 15) is 0 Å². The SMILES string of the molecule is O=[S+](c1ccc(Oc2ccccc2)cc1)(c1ccc(Oc2ccccc2)cc1)c1ccc(Oc2ccccc2)cc1. The third-order valence-electron chi connectivity index (χ3n) is 6.40. The molecule has 0 saturated heterocycles. The van der Waals surface area contributed by atoms with Crippen LogP contribution in [0.25, 0.3) is 0 Å². The molecule has 6 aromatic rings. The summed E-state index contributed by atoms with van der Waals surface area (Å²) < 4.78 is 33.0. The van der Waals surface area contributed by atoms with Crippen LogP contribution in [0.2, 0.25) is 0 Å². The molecule has 4 nitrogen and oxygen atoms in total. The van der Waals surface area contributed by atoms with Gasteiger partial charge in [0.05, 0.1) is 0 Å². The highest BCUT2D eigenvalue weighted by molar-refractivity contribution is 8.03. The van der Waals surface area contributed by atoms with Crippen LogP contribution < -0.4 is 14.2 Å². The monoisotopic (exact) mass is 555 g/mol. The maximum atomic E-state index is 15.1. The minimum atomic E-state index is -2.86. The quantitative estimate of drug-likeness (QED) is 0.167. The van der Waals surface area contributed by atoms with Crippen molar-refractivity contribution in [3.8, 4) is 34.5 Å². The molecule has 0 aromatic heterocycles. The predicted octanol–water partition coefficient (Wildman–Crippen LogP) is 10.0. The van der Waals surface area contributed by atoms with E-state index in [1.54, 1.807) is 0 Å². The second-order valence-corrected chi connectivity index (χ2v) is 11.7. The van der Waals surface area contributed by atoms with E-state index in [2.05, 4.69) is 0 Å². The van der Waals surface area contributed by atoms with E-state index in [1.807, 2.05) is 164 Å². The lowest BCUT2D eigenvalue weighted by molar-refractivity contribution is 0.482. The lowest BCUT2D eigenvalue weighted by atomic mass is 10.3. The van der Waals surface area contributed by atoms with Crippen LogP contribution in [0.15, 0.2) is 178 Å². The molecule has 0 radical (unpaired) electrons. The van der Waals surface area contributed by atoms with Gasteiger partial charge in [-0.2, -0.15) is 0 Å². The van der Waals surface area contributed by atoms with Crippen molar-refractivity contribution in [3.05, 3.63) is 164 Å². The molecule has 0 N–H and O–H groups in total. The zero-order chi connectivity index (χ0) is 27.9. The standard InChI is InChI=1S/C36H27O4S/c37-41(34-22-16-31(17-23-34)38-28-10-4-1-5-11-28,35-24-18-32(19-25-35)39-29-12-6-2-7-13-29)36-26-20-33(21-27-36)40-30-14-8-3-9-15-30/h1-27H/q+1. The van der Waals surface area contributed by atoms with Crippen molar-refractivity contribution in [2.24, 2.45) is 0 Å². The molecule has 0 aliphatic heterocycles. The summed E-state index contributed by atoms with van der Waals surface area (Å²) in [6, 6.07) is 51.0. The molecule has 0 heterocycles. The fraction of sp³-hybridized carbons (Fsp3) is 0. The molecule has 0 fully saturated rings. The molecule has 0 aliphatic rings. The van der Waals surface area contributed by atoms with E-state index in [0.717, 1.165) is 17.2 Å². The van der Waals surface area contributed by atoms with Gasteiger partial charge in [0.25, 0.3) is 0 Å². The number of rotatable bonds is 9. The first kappa shape index (κ1) is 26.1. The van der Waals surface area contributed by atoms with E-state index < -0.39 is 9.93 Å². The molecule has 6 rings (SSSR count). The Bertz CT molecular complexity index is 1520. The second-order valence-electron chi connectivity index (χ2n) is 9.22. The Balaban J connectivity index is 1.33. The van der Waals surface area contributed by atoms with Crippen molar-refractivity contribution >= 4 is 9.93 Å². The fourth-order valence-corrected chi connectivity index (χ4v) is 6.75. The number of hydrogen-bond acceptors (Lipinski definition) is 4. The molecule has 0 bridgehead atoms. The maximum Gasteiger partial charge on any atom is 0.182 e. The topological polar surface area (TPSA) is 44.8 Å². The van der Waals surface area contributed by atoms with Gasteiger partial charge in [-0.1, -0.05) is 58.8 Å². The van der Waals surface area contributed by atoms with Crippen LogP contribution in [0.3, 0.4) is 0 Å². The van der Waals surface area contributed by atoms with E-state index >= 15 is 4.21 Å². The minimum Gasteiger partial charge on any atom is -0.457 e. The summed E-state index contributed by atoms with van der Waals surface area (Å²) >= 11 is 0. The summed E-state index contributed by atoms with van der Waals surface area (Å²) in [6.07, 6.45) is 0. The first-order valence-electron chi connectivity index (χ1n) is 13.2. The number of benzene rings is 6. The lowest BCUT2D eigenvalue weighted by Crippen LogP contribution is -2.13. The third-order valence-corrected chi connectivity index (χ3v) is 9.21. The van der Waals surface area contributed by atoms with Gasteiger partial charge in [-0.3, -0.25) is 0 Å². The van der Waals surface area contributed by atoms with Crippen LogP contribution in [-0.4, -0.2) is 0 Å². The molecular formula is C36H27O4S+. The Morgan fingerprint density at radius 1 is 0.293 bits per heavy atom. The normalized spacial score (nSPS) is 11.0. The van der Waals surface area contributed by atoms with Crippen LogP contribution in [0.5, 0.6) is 34.5 Å². The van der Waals surface area contributed by atoms with Crippen LogP contribution >= 0.6 is 0 Å². The van der Waals surface area contributed by atoms with Gasteiger partial charge in [-0.05, 0) is 109 Å². The first-order chi connectivity index (χ1) is 20.2. The molecule has 0 aliphatic carbocycles. The summed E-state index contributed by atoms with van der Waals surface area (Å²) in [4.78, 5) is 2.02. The Kier molecular flexibility index (Phi) is 7.61. The molecular weight excluding hydrogens is 528 g/mol. The summed E-state index contributed by atoms with van der Waals surface area (Å²) in [5.74, 6) is 4.22. The molecule has 41 heavy (non-hydrogen) atoms. The summed E-state index contributed by atoms with van der Waals surface area (Å²) in [5.41, 5.74) is 0. The number of hydrogen-bond donors (Lipinski definition) is 0. The zero-order valence-corrected chi connectivity index (χ0v) is 22.9. The number of para-hydroxylation sites is 3. The highest BCUT2D eigenvalue weighted by Crippen LogP contribution is 2.39. The maximum absolute atomic E-state index is 15.1. The van der Waals surface area contributed by atoms with Crippen LogP contribution in [0.1, 0.15) is 0 Å². The highest BCUT2D eigenvalue weighted by atomic mass is 32.2. The van der Waals surface area contributed by atoms with Gasteiger partial charge in [0.1, 0.15) is 34.5 Å². The average Bonchev–Trinajstić information content (AvgIpc) is 3.03. The highest BCUT2D eigenvalue weighted by Gasteiger charge is 2.38. The number of ether oxygens (including phenoxy) is 3. The molecule has 0 atom stereocenters. The third kappa shape index (κ3) is 6.06. The summed E-state index contributed by atoms with van der Waals surface area (Å²) in [7, 11) is -2.86. The molecule has 0 unspecified atom stereocenters. The molecule has 0 spiro atoms. The Morgan fingerprint density at radius 2 is 0.512 bits per heavy atom. The van der Waals surface area contributed by atoms with Gasteiger partial charge < -0.3 is 14.2 Å². The van der Waals surface area contributed by atoms with Crippen molar-refractivity contribution < 1.29 is 18.4 Å². The largest absolute Gasteiger partial charge is 0.457 e. The van der Waals surface area contributed by atoms with Crippen LogP contribution in [0, 0.1) is 0 Å². The molecule has 6 aromatic carbocycles. The zero-order valence-electron chi connectivity index (χ0n) is 22.1. The van der Waals surface area contributed by atoms with Crippen molar-refractivity contribution in [2.75, 3.05) is 0 Å². The van der Waals surface area contributed by atoms with Crippen molar-refractivity contribution in [1.82, 2.24) is 0 Å². The van der Waals surface area contributed by atoms with E-state index in [0.29, 0.717) is 31.9 Å². The molecule has 0 amide bonds. The Hall–Kier alpha value is -5.13. The second kappa shape index (κ2) is 11.9. The van der Waals surface area contributed by atoms with Crippen molar-refractivity contribution in [2.45, 2.75) is 14.7 Å². The molecule has 200 valence electrons. The Morgan fingerprint density at radius 3 is 0.756 bits per heavy atom. The summed E-state index contributed by atoms with van der Waals surface area (Å²) in [5, 5.41) is 0. The Labute approximate surface area is 240 Å². The van der Waals surface area contributed by atoms with E-state index in [-0.39, 0.29) is 0 Å². The summed E-state index contributed by atoms with van der Waals surface area (Å²) in [6.45, 7) is 0. The van der Waals surface area contributed by atoms with Gasteiger partial charge >= 0.3 is 0 Å². The van der Waals surface area contributed by atoms with Crippen LogP contribution in [0.4, 0.5) is 0 Å². The smallest absolute Gasteiger partial charge is 0.182 e. The lowest BCUT2D eigenvalue weighted by Gasteiger charge is -2.14. The fourth-order valence-electron chi connectivity index (χ4n) is 4.38. The first-order valence-corrected chi connectivity index (χ1v) is 14.8. The predicted molar refractivity (Wildman–Crippen MR) is 162 cm³/mol. The average molecular weight is 556 g/mol. The van der Waals surface area contributed by atoms with Crippen molar-refractivity contribution in [1.29, 1.82) is 0 Å². The van der Waals surface area contributed by atoms with Gasteiger partial charge in [-0.15, -0.1) is 0 Å².